The highest BCUT2D eigenvalue weighted by Gasteiger charge is 2.12. The first-order chi connectivity index (χ1) is 6.99. The molecular formula is C9H16FNO4. The van der Waals surface area contributed by atoms with Gasteiger partial charge >= 0.3 is 5.97 Å². The maximum absolute atomic E-state index is 11.8. The number of alkyl halides is 1. The van der Waals surface area contributed by atoms with Crippen molar-refractivity contribution in [2.24, 2.45) is 5.73 Å². The van der Waals surface area contributed by atoms with Crippen molar-refractivity contribution in [3.8, 4) is 0 Å². The van der Waals surface area contributed by atoms with Gasteiger partial charge in [0.2, 0.25) is 0 Å². The summed E-state index contributed by atoms with van der Waals surface area (Å²) < 4.78 is 11.8. The highest BCUT2D eigenvalue weighted by atomic mass is 19.1. The average molecular weight is 221 g/mol. The van der Waals surface area contributed by atoms with Gasteiger partial charge in [0.15, 0.2) is 6.29 Å². The number of carbonyl (C=O) groups is 1. The number of carboxylic acids is 1. The minimum absolute atomic E-state index is 0.00538. The third kappa shape index (κ3) is 6.16. The lowest BCUT2D eigenvalue weighted by molar-refractivity contribution is -0.138. The van der Waals surface area contributed by atoms with Gasteiger partial charge in [-0.15, -0.1) is 0 Å². The van der Waals surface area contributed by atoms with E-state index in [9.17, 15) is 9.18 Å². The second-order valence-corrected chi connectivity index (χ2v) is 3.13. The van der Waals surface area contributed by atoms with Gasteiger partial charge in [-0.2, -0.15) is 0 Å². The van der Waals surface area contributed by atoms with Crippen molar-refractivity contribution in [2.45, 2.75) is 31.6 Å². The van der Waals surface area contributed by atoms with Gasteiger partial charge in [0.05, 0.1) is 6.67 Å². The average Bonchev–Trinajstić information content (AvgIpc) is 2.16. The first-order valence-corrected chi connectivity index (χ1v) is 4.58. The fourth-order valence-corrected chi connectivity index (χ4v) is 0.987. The Morgan fingerprint density at radius 3 is 2.47 bits per heavy atom. The summed E-state index contributed by atoms with van der Waals surface area (Å²) in [5.74, 6) is -1.16. The molecule has 0 bridgehead atoms. The number of aliphatic hydroxyl groups excluding tert-OH is 1. The predicted octanol–water partition coefficient (Wildman–Crippen LogP) is -0.225. The number of hydrogen-bond acceptors (Lipinski definition) is 4. The Balaban J connectivity index is 4.22. The molecule has 0 aromatic heterocycles. The van der Waals surface area contributed by atoms with E-state index in [2.05, 4.69) is 0 Å². The second kappa shape index (κ2) is 7.33. The van der Waals surface area contributed by atoms with Crippen LogP contribution in [0.3, 0.4) is 0 Å². The summed E-state index contributed by atoms with van der Waals surface area (Å²) in [6.45, 7) is -0.560. The molecule has 15 heavy (non-hydrogen) atoms. The predicted molar refractivity (Wildman–Crippen MR) is 51.7 cm³/mol. The van der Waals surface area contributed by atoms with Crippen LogP contribution in [0.25, 0.3) is 0 Å². The number of rotatable bonds is 7. The highest BCUT2D eigenvalue weighted by molar-refractivity contribution is 5.73. The topological polar surface area (TPSA) is 104 Å². The lowest BCUT2D eigenvalue weighted by Crippen LogP contribution is -2.29. The molecule has 0 radical (unpaired) electrons. The number of aliphatic hydroxyl groups is 2. The second-order valence-electron chi connectivity index (χ2n) is 3.13. The van der Waals surface area contributed by atoms with Gasteiger partial charge in [0.1, 0.15) is 6.04 Å². The Bertz CT molecular complexity index is 230. The summed E-state index contributed by atoms with van der Waals surface area (Å²) >= 11 is 0. The summed E-state index contributed by atoms with van der Waals surface area (Å²) in [7, 11) is 0. The van der Waals surface area contributed by atoms with Crippen LogP contribution in [-0.2, 0) is 4.79 Å². The van der Waals surface area contributed by atoms with Crippen molar-refractivity contribution >= 4 is 5.97 Å². The normalized spacial score (nSPS) is 14.3. The van der Waals surface area contributed by atoms with E-state index in [1.165, 1.54) is 6.08 Å². The maximum atomic E-state index is 11.8. The van der Waals surface area contributed by atoms with E-state index in [0.29, 0.717) is 0 Å². The van der Waals surface area contributed by atoms with E-state index >= 15 is 0 Å². The van der Waals surface area contributed by atoms with Crippen molar-refractivity contribution in [3.63, 3.8) is 0 Å². The zero-order chi connectivity index (χ0) is 11.8. The Hall–Kier alpha value is -0.980. The summed E-state index contributed by atoms with van der Waals surface area (Å²) in [6, 6.07) is -1.08. The number of aliphatic carboxylic acids is 1. The van der Waals surface area contributed by atoms with Gasteiger partial charge in [0, 0.05) is 0 Å². The van der Waals surface area contributed by atoms with Gasteiger partial charge in [-0.1, -0.05) is 6.08 Å². The number of halogens is 1. The first-order valence-electron chi connectivity index (χ1n) is 4.58. The van der Waals surface area contributed by atoms with Crippen molar-refractivity contribution in [1.29, 1.82) is 0 Å². The maximum Gasteiger partial charge on any atom is 0.320 e. The fourth-order valence-electron chi connectivity index (χ4n) is 0.987. The molecule has 0 aliphatic rings. The molecule has 0 saturated heterocycles. The van der Waals surface area contributed by atoms with E-state index in [1.54, 1.807) is 0 Å². The lowest BCUT2D eigenvalue weighted by Gasteiger charge is -2.09. The smallest absolute Gasteiger partial charge is 0.320 e. The van der Waals surface area contributed by atoms with Crippen LogP contribution in [0.2, 0.25) is 0 Å². The van der Waals surface area contributed by atoms with Gasteiger partial charge in [-0.25, -0.2) is 0 Å². The molecule has 0 aromatic rings. The number of carboxylic acid groups (broad SMARTS) is 1. The van der Waals surface area contributed by atoms with Gasteiger partial charge in [-0.3, -0.25) is 9.18 Å². The third-order valence-electron chi connectivity index (χ3n) is 1.88. The quantitative estimate of drug-likeness (QED) is 0.351. The van der Waals surface area contributed by atoms with Gasteiger partial charge in [0.25, 0.3) is 0 Å². The van der Waals surface area contributed by atoms with E-state index in [0.717, 1.165) is 0 Å². The molecule has 5 nitrogen and oxygen atoms in total. The number of nitrogens with two attached hydrogens (primary N) is 1. The van der Waals surface area contributed by atoms with E-state index in [-0.39, 0.29) is 24.8 Å². The minimum atomic E-state index is -1.68. The van der Waals surface area contributed by atoms with E-state index in [4.69, 9.17) is 21.1 Å². The molecular weight excluding hydrogens is 205 g/mol. The monoisotopic (exact) mass is 221 g/mol. The third-order valence-corrected chi connectivity index (χ3v) is 1.88. The molecule has 5 N–H and O–H groups in total. The molecule has 0 heterocycles. The van der Waals surface area contributed by atoms with Crippen molar-refractivity contribution in [2.75, 3.05) is 6.67 Å². The lowest BCUT2D eigenvalue weighted by atomic mass is 10.1. The summed E-state index contributed by atoms with van der Waals surface area (Å²) in [4.78, 5) is 10.4. The Labute approximate surface area is 87.0 Å². The Morgan fingerprint density at radius 1 is 1.47 bits per heavy atom. The van der Waals surface area contributed by atoms with Crippen molar-refractivity contribution in [3.05, 3.63) is 11.6 Å². The van der Waals surface area contributed by atoms with Gasteiger partial charge in [-0.05, 0) is 24.8 Å². The zero-order valence-corrected chi connectivity index (χ0v) is 8.27. The Kier molecular flexibility index (Phi) is 6.85. The Morgan fingerprint density at radius 2 is 2.07 bits per heavy atom. The molecule has 0 spiro atoms. The van der Waals surface area contributed by atoms with Crippen LogP contribution in [0.5, 0.6) is 0 Å². The molecule has 0 unspecified atom stereocenters. The van der Waals surface area contributed by atoms with Crippen LogP contribution >= 0.6 is 0 Å². The molecule has 0 amide bonds. The van der Waals surface area contributed by atoms with Crippen LogP contribution in [0.1, 0.15) is 19.3 Å². The molecule has 0 saturated carbocycles. The molecule has 1 atom stereocenters. The summed E-state index contributed by atoms with van der Waals surface area (Å²) in [6.07, 6.45) is -0.00232. The largest absolute Gasteiger partial charge is 0.480 e. The van der Waals surface area contributed by atoms with Crippen LogP contribution in [-0.4, -0.2) is 40.3 Å². The zero-order valence-electron chi connectivity index (χ0n) is 8.27. The van der Waals surface area contributed by atoms with E-state index < -0.39 is 25.0 Å². The van der Waals surface area contributed by atoms with Crippen molar-refractivity contribution in [1.82, 2.24) is 0 Å². The molecule has 0 aromatic carbocycles. The molecule has 6 heteroatoms. The fraction of sp³-hybridized carbons (Fsp3) is 0.667. The molecule has 88 valence electrons. The summed E-state index contributed by atoms with van der Waals surface area (Å²) in [5, 5.41) is 26.2. The van der Waals surface area contributed by atoms with Crippen LogP contribution < -0.4 is 5.73 Å². The van der Waals surface area contributed by atoms with Crippen LogP contribution in [0, 0.1) is 0 Å². The standard InChI is InChI=1S/C9H16FNO4/c10-5-1-2-6(8(12)13)3-4-7(11)9(14)15/h3,7-8,12-13H,1-2,4-5,11H2,(H,14,15)/b6-3+/t7-/m0/s1. The van der Waals surface area contributed by atoms with E-state index in [1.807, 2.05) is 0 Å². The SMILES string of the molecule is N[C@@H](C/C=C(\CCCF)C(O)O)C(=O)O. The molecule has 0 aliphatic carbocycles. The van der Waals surface area contributed by atoms with Crippen LogP contribution in [0.15, 0.2) is 11.6 Å². The molecule has 0 aliphatic heterocycles. The first kappa shape index (κ1) is 14.0. The van der Waals surface area contributed by atoms with Crippen LogP contribution in [0.4, 0.5) is 4.39 Å². The minimum Gasteiger partial charge on any atom is -0.480 e. The molecule has 0 fully saturated rings. The van der Waals surface area contributed by atoms with Crippen molar-refractivity contribution < 1.29 is 24.5 Å². The number of hydrogen-bond donors (Lipinski definition) is 4. The van der Waals surface area contributed by atoms with Gasteiger partial charge < -0.3 is 21.1 Å². The summed E-state index contributed by atoms with van der Waals surface area (Å²) in [5.41, 5.74) is 5.41. The molecule has 0 rings (SSSR count). The highest BCUT2D eigenvalue weighted by Crippen LogP contribution is 2.10.